The maximum atomic E-state index is 13.6. The van der Waals surface area contributed by atoms with Crippen molar-refractivity contribution >= 4 is 34.4 Å². The Morgan fingerprint density at radius 3 is 2.61 bits per heavy atom. The van der Waals surface area contributed by atoms with Crippen LogP contribution >= 0.6 is 0 Å². The van der Waals surface area contributed by atoms with Gasteiger partial charge in [0, 0.05) is 18.1 Å². The number of para-hydroxylation sites is 1. The second kappa shape index (κ2) is 9.85. The number of carbonyl (C=O) groups excluding carboxylic acids is 4. The van der Waals surface area contributed by atoms with Crippen molar-refractivity contribution in [2.24, 2.45) is 0 Å². The summed E-state index contributed by atoms with van der Waals surface area (Å²) in [7, 11) is 0. The molecule has 0 bridgehead atoms. The summed E-state index contributed by atoms with van der Waals surface area (Å²) in [5.41, 5.74) is 1.20. The van der Waals surface area contributed by atoms with Gasteiger partial charge in [0.15, 0.2) is 5.78 Å². The average Bonchev–Trinajstić information content (AvgIpc) is 3.49. The Hall–Kier alpha value is -4.14. The van der Waals surface area contributed by atoms with Crippen molar-refractivity contribution in [1.29, 1.82) is 0 Å². The van der Waals surface area contributed by atoms with Gasteiger partial charge in [0.05, 0.1) is 18.1 Å². The Balaban J connectivity index is 1.32. The second-order valence-electron chi connectivity index (χ2n) is 9.15. The fourth-order valence-corrected chi connectivity index (χ4v) is 5.15. The molecular weight excluding hydrogens is 458 g/mol. The van der Waals surface area contributed by atoms with Gasteiger partial charge >= 0.3 is 0 Å². The Labute approximate surface area is 208 Å². The monoisotopic (exact) mass is 485 g/mol. The van der Waals surface area contributed by atoms with Crippen molar-refractivity contribution < 1.29 is 19.2 Å². The van der Waals surface area contributed by atoms with E-state index < -0.39 is 24.0 Å². The van der Waals surface area contributed by atoms with E-state index in [1.54, 1.807) is 24.3 Å². The van der Waals surface area contributed by atoms with Gasteiger partial charge in [0.25, 0.3) is 11.8 Å². The number of benzene rings is 1. The van der Waals surface area contributed by atoms with E-state index in [1.165, 1.54) is 16.0 Å². The van der Waals surface area contributed by atoms with Crippen molar-refractivity contribution in [3.63, 3.8) is 0 Å². The summed E-state index contributed by atoms with van der Waals surface area (Å²) in [6, 6.07) is 14.1. The predicted octanol–water partition coefficient (Wildman–Crippen LogP) is 2.22. The zero-order chi connectivity index (χ0) is 25.2. The van der Waals surface area contributed by atoms with E-state index in [0.29, 0.717) is 31.3 Å². The number of pyridine rings is 2. The van der Waals surface area contributed by atoms with E-state index in [4.69, 9.17) is 0 Å². The van der Waals surface area contributed by atoms with Crippen LogP contribution < -0.4 is 5.32 Å². The molecule has 1 aromatic carbocycles. The molecule has 36 heavy (non-hydrogen) atoms. The first-order chi connectivity index (χ1) is 17.5. The molecule has 2 saturated heterocycles. The summed E-state index contributed by atoms with van der Waals surface area (Å²) >= 11 is 0. The van der Waals surface area contributed by atoms with Gasteiger partial charge in [0.2, 0.25) is 5.91 Å². The summed E-state index contributed by atoms with van der Waals surface area (Å²) in [6.45, 7) is 2.22. The van der Waals surface area contributed by atoms with Crippen LogP contribution in [0.15, 0.2) is 60.8 Å². The highest BCUT2D eigenvalue weighted by Gasteiger charge is 2.52. The highest BCUT2D eigenvalue weighted by atomic mass is 16.2. The van der Waals surface area contributed by atoms with Crippen LogP contribution in [0, 0.1) is 0 Å². The van der Waals surface area contributed by atoms with E-state index in [2.05, 4.69) is 15.3 Å². The molecule has 2 aromatic heterocycles. The molecule has 184 valence electrons. The lowest BCUT2D eigenvalue weighted by Gasteiger charge is -2.28. The third-order valence-corrected chi connectivity index (χ3v) is 6.86. The van der Waals surface area contributed by atoms with Crippen molar-refractivity contribution in [2.75, 3.05) is 13.1 Å². The van der Waals surface area contributed by atoms with Gasteiger partial charge in [-0.25, -0.2) is 4.98 Å². The highest BCUT2D eigenvalue weighted by Crippen LogP contribution is 2.31. The Bertz CT molecular complexity index is 1330. The van der Waals surface area contributed by atoms with Gasteiger partial charge in [-0.2, -0.15) is 0 Å². The van der Waals surface area contributed by atoms with E-state index in [1.807, 2.05) is 37.3 Å². The molecule has 9 nitrogen and oxygen atoms in total. The molecule has 0 spiro atoms. The first kappa shape index (κ1) is 23.6. The number of Topliss-reactive ketones (excluding diaryl/α,β-unsaturated/α-hetero) is 1. The predicted molar refractivity (Wildman–Crippen MR) is 132 cm³/mol. The molecule has 2 aliphatic heterocycles. The van der Waals surface area contributed by atoms with Crippen LogP contribution in [-0.4, -0.2) is 74.5 Å². The standard InChI is InChI=1S/C27H27N5O4/c1-2-7-21(30-25(34)19-12-11-17-8-3-4-9-18(17)29-19)27(36)31-15-13-22-24(31)23(33)16-32(22)26(35)20-10-5-6-14-28-20/h3-6,8-12,14,21-22,24H,2,7,13,15-16H2,1H3,(H,30,34). The van der Waals surface area contributed by atoms with Crippen molar-refractivity contribution in [3.05, 3.63) is 72.2 Å². The maximum absolute atomic E-state index is 13.6. The third-order valence-electron chi connectivity index (χ3n) is 6.86. The minimum absolute atomic E-state index is 0.0552. The number of amides is 3. The zero-order valence-corrected chi connectivity index (χ0v) is 20.0. The topological polar surface area (TPSA) is 113 Å². The number of hydrogen-bond acceptors (Lipinski definition) is 6. The van der Waals surface area contributed by atoms with Crippen LogP contribution in [-0.2, 0) is 9.59 Å². The lowest BCUT2D eigenvalue weighted by molar-refractivity contribution is -0.138. The summed E-state index contributed by atoms with van der Waals surface area (Å²) in [4.78, 5) is 64.1. The maximum Gasteiger partial charge on any atom is 0.273 e. The number of fused-ring (bicyclic) bond motifs is 2. The van der Waals surface area contributed by atoms with Gasteiger partial charge in [0.1, 0.15) is 23.5 Å². The smallest absolute Gasteiger partial charge is 0.273 e. The molecule has 4 heterocycles. The molecule has 0 radical (unpaired) electrons. The Kier molecular flexibility index (Phi) is 6.45. The van der Waals surface area contributed by atoms with Crippen LogP contribution in [0.1, 0.15) is 47.2 Å². The van der Waals surface area contributed by atoms with Gasteiger partial charge in [-0.1, -0.05) is 43.7 Å². The van der Waals surface area contributed by atoms with Gasteiger partial charge in [-0.3, -0.25) is 24.2 Å². The third kappa shape index (κ3) is 4.32. The molecule has 2 aliphatic rings. The molecule has 9 heteroatoms. The Morgan fingerprint density at radius 2 is 1.83 bits per heavy atom. The largest absolute Gasteiger partial charge is 0.339 e. The summed E-state index contributed by atoms with van der Waals surface area (Å²) < 4.78 is 0. The van der Waals surface area contributed by atoms with E-state index in [9.17, 15) is 19.2 Å². The second-order valence-corrected chi connectivity index (χ2v) is 9.15. The molecule has 1 N–H and O–H groups in total. The normalized spacial score (nSPS) is 19.9. The molecule has 3 unspecified atom stereocenters. The summed E-state index contributed by atoms with van der Waals surface area (Å²) in [6.07, 6.45) is 3.13. The molecule has 0 aliphatic carbocycles. The van der Waals surface area contributed by atoms with E-state index in [0.717, 1.165) is 5.39 Å². The van der Waals surface area contributed by atoms with Crippen LogP contribution in [0.3, 0.4) is 0 Å². The van der Waals surface area contributed by atoms with Gasteiger partial charge < -0.3 is 15.1 Å². The van der Waals surface area contributed by atoms with Crippen molar-refractivity contribution in [3.8, 4) is 0 Å². The van der Waals surface area contributed by atoms with Crippen LogP contribution in [0.25, 0.3) is 10.9 Å². The molecule has 0 saturated carbocycles. The van der Waals surface area contributed by atoms with Crippen molar-refractivity contribution in [1.82, 2.24) is 25.1 Å². The number of carbonyl (C=O) groups is 4. The average molecular weight is 486 g/mol. The van der Waals surface area contributed by atoms with Gasteiger partial charge in [-0.15, -0.1) is 0 Å². The molecule has 2 fully saturated rings. The van der Waals surface area contributed by atoms with Crippen LogP contribution in [0.5, 0.6) is 0 Å². The first-order valence-corrected chi connectivity index (χ1v) is 12.2. The summed E-state index contributed by atoms with van der Waals surface area (Å²) in [5, 5.41) is 3.75. The summed E-state index contributed by atoms with van der Waals surface area (Å²) in [5.74, 6) is -1.23. The number of rotatable bonds is 6. The molecule has 3 amide bonds. The number of nitrogens with zero attached hydrogens (tertiary/aromatic N) is 4. The molecule has 3 atom stereocenters. The minimum Gasteiger partial charge on any atom is -0.339 e. The minimum atomic E-state index is -0.789. The lowest BCUT2D eigenvalue weighted by atomic mass is 10.1. The number of nitrogens with one attached hydrogen (secondary N) is 1. The van der Waals surface area contributed by atoms with Gasteiger partial charge in [-0.05, 0) is 37.1 Å². The molecule has 3 aromatic rings. The number of ketones is 1. The zero-order valence-electron chi connectivity index (χ0n) is 20.0. The molecule has 5 rings (SSSR count). The first-order valence-electron chi connectivity index (χ1n) is 12.2. The van der Waals surface area contributed by atoms with Crippen molar-refractivity contribution in [2.45, 2.75) is 44.3 Å². The molecular formula is C27H27N5O4. The van der Waals surface area contributed by atoms with E-state index >= 15 is 0 Å². The highest BCUT2D eigenvalue weighted by molar-refractivity contribution is 6.03. The fourth-order valence-electron chi connectivity index (χ4n) is 5.15. The number of hydrogen-bond donors (Lipinski definition) is 1. The number of likely N-dealkylation sites (tertiary alicyclic amines) is 2. The fraction of sp³-hybridized carbons (Fsp3) is 0.333. The van der Waals surface area contributed by atoms with E-state index in [-0.39, 0.29) is 35.5 Å². The lowest BCUT2D eigenvalue weighted by Crippen LogP contribution is -2.52. The Morgan fingerprint density at radius 1 is 1.03 bits per heavy atom. The quantitative estimate of drug-likeness (QED) is 0.573. The van der Waals surface area contributed by atoms with Crippen LogP contribution in [0.2, 0.25) is 0 Å². The SMILES string of the molecule is CCCC(NC(=O)c1ccc2ccccc2n1)C(=O)N1CCC2C1C(=O)CN2C(=O)c1ccccn1. The van der Waals surface area contributed by atoms with Crippen LogP contribution in [0.4, 0.5) is 0 Å². The number of aromatic nitrogens is 2.